The van der Waals surface area contributed by atoms with Crippen molar-refractivity contribution in [1.82, 2.24) is 9.55 Å². The number of nitrogens with zero attached hydrogens (tertiary/aromatic N) is 2. The number of hydrogen-bond donors (Lipinski definition) is 1. The molecule has 0 aliphatic rings. The molecular formula is C13H15N3OS. The second kappa shape index (κ2) is 5.73. The molecule has 2 rings (SSSR count). The SMILES string of the molecule is CC(c1ccccc1)n1ccnc1SCC(N)=O. The third-order valence-electron chi connectivity index (χ3n) is 2.68. The molecule has 0 aliphatic carbocycles. The Morgan fingerprint density at radius 2 is 2.17 bits per heavy atom. The van der Waals surface area contributed by atoms with Gasteiger partial charge in [0.15, 0.2) is 5.16 Å². The molecule has 0 saturated carbocycles. The van der Waals surface area contributed by atoms with Crippen molar-refractivity contribution in [3.63, 3.8) is 0 Å². The fraction of sp³-hybridized carbons (Fsp3) is 0.231. The molecule has 0 aliphatic heterocycles. The van der Waals surface area contributed by atoms with Crippen LogP contribution in [0.4, 0.5) is 0 Å². The van der Waals surface area contributed by atoms with Crippen LogP contribution in [0.25, 0.3) is 0 Å². The Labute approximate surface area is 110 Å². The molecule has 18 heavy (non-hydrogen) atoms. The summed E-state index contributed by atoms with van der Waals surface area (Å²) >= 11 is 1.36. The molecule has 0 spiro atoms. The van der Waals surface area contributed by atoms with Crippen molar-refractivity contribution < 1.29 is 4.79 Å². The monoisotopic (exact) mass is 261 g/mol. The summed E-state index contributed by atoms with van der Waals surface area (Å²) in [6.45, 7) is 2.10. The zero-order valence-electron chi connectivity index (χ0n) is 10.1. The van der Waals surface area contributed by atoms with Gasteiger partial charge >= 0.3 is 0 Å². The maximum Gasteiger partial charge on any atom is 0.227 e. The predicted molar refractivity (Wildman–Crippen MR) is 72.4 cm³/mol. The topological polar surface area (TPSA) is 60.9 Å². The number of benzene rings is 1. The van der Waals surface area contributed by atoms with Gasteiger partial charge in [-0.3, -0.25) is 4.79 Å². The van der Waals surface area contributed by atoms with Gasteiger partial charge in [0.2, 0.25) is 5.91 Å². The highest BCUT2D eigenvalue weighted by Gasteiger charge is 2.12. The lowest BCUT2D eigenvalue weighted by atomic mass is 10.1. The second-order valence-corrected chi connectivity index (χ2v) is 4.90. The highest BCUT2D eigenvalue weighted by atomic mass is 32.2. The molecule has 94 valence electrons. The largest absolute Gasteiger partial charge is 0.369 e. The van der Waals surface area contributed by atoms with E-state index in [1.54, 1.807) is 6.20 Å². The van der Waals surface area contributed by atoms with E-state index in [9.17, 15) is 4.79 Å². The number of carbonyl (C=O) groups excluding carboxylic acids is 1. The van der Waals surface area contributed by atoms with Gasteiger partial charge in [0.25, 0.3) is 0 Å². The van der Waals surface area contributed by atoms with Gasteiger partial charge in [0.05, 0.1) is 11.8 Å². The molecule has 4 nitrogen and oxygen atoms in total. The Kier molecular flexibility index (Phi) is 4.04. The minimum atomic E-state index is -0.332. The van der Waals surface area contributed by atoms with Crippen LogP contribution in [0.1, 0.15) is 18.5 Å². The molecule has 0 fully saturated rings. The first-order valence-electron chi connectivity index (χ1n) is 5.67. The molecule has 2 aromatic rings. The van der Waals surface area contributed by atoms with Gasteiger partial charge in [-0.25, -0.2) is 4.98 Å². The average Bonchev–Trinajstić information content (AvgIpc) is 2.85. The lowest BCUT2D eigenvalue weighted by molar-refractivity contribution is -0.115. The minimum Gasteiger partial charge on any atom is -0.369 e. The summed E-state index contributed by atoms with van der Waals surface area (Å²) in [5.74, 6) is -0.0830. The van der Waals surface area contributed by atoms with E-state index in [1.807, 2.05) is 29.0 Å². The highest BCUT2D eigenvalue weighted by molar-refractivity contribution is 7.99. The minimum absolute atomic E-state index is 0.184. The normalized spacial score (nSPS) is 12.3. The van der Waals surface area contributed by atoms with E-state index >= 15 is 0 Å². The van der Waals surface area contributed by atoms with E-state index in [0.717, 1.165) is 5.16 Å². The van der Waals surface area contributed by atoms with Crippen LogP contribution in [-0.2, 0) is 4.79 Å². The average molecular weight is 261 g/mol. The van der Waals surface area contributed by atoms with Crippen molar-refractivity contribution in [1.29, 1.82) is 0 Å². The summed E-state index contributed by atoms with van der Waals surface area (Å²) in [6, 6.07) is 10.4. The first-order chi connectivity index (χ1) is 8.68. The van der Waals surface area contributed by atoms with E-state index in [1.165, 1.54) is 17.3 Å². The molecule has 2 N–H and O–H groups in total. The van der Waals surface area contributed by atoms with Crippen molar-refractivity contribution in [3.8, 4) is 0 Å². The van der Waals surface area contributed by atoms with Gasteiger partial charge in [0, 0.05) is 12.4 Å². The van der Waals surface area contributed by atoms with E-state index < -0.39 is 0 Å². The molecule has 1 heterocycles. The zero-order valence-corrected chi connectivity index (χ0v) is 10.9. The molecule has 1 aromatic carbocycles. The van der Waals surface area contributed by atoms with E-state index in [-0.39, 0.29) is 17.7 Å². The second-order valence-electron chi connectivity index (χ2n) is 3.96. The summed E-state index contributed by atoms with van der Waals surface area (Å²) in [5.41, 5.74) is 6.35. The number of aromatic nitrogens is 2. The van der Waals surface area contributed by atoms with Crippen LogP contribution in [0.2, 0.25) is 0 Å². The van der Waals surface area contributed by atoms with Gasteiger partial charge < -0.3 is 10.3 Å². The standard InChI is InChI=1S/C13H15N3OS/c1-10(11-5-3-2-4-6-11)16-8-7-15-13(16)18-9-12(14)17/h2-8,10H,9H2,1H3,(H2,14,17). The predicted octanol–water partition coefficient (Wildman–Crippen LogP) is 2.07. The van der Waals surface area contributed by atoms with E-state index in [4.69, 9.17) is 5.73 Å². The third kappa shape index (κ3) is 2.92. The first kappa shape index (κ1) is 12.7. The summed E-state index contributed by atoms with van der Waals surface area (Å²) in [5, 5.41) is 0.810. The van der Waals surface area contributed by atoms with Crippen LogP contribution in [-0.4, -0.2) is 21.2 Å². The maximum atomic E-state index is 10.8. The van der Waals surface area contributed by atoms with Crippen LogP contribution in [0, 0.1) is 0 Å². The van der Waals surface area contributed by atoms with Crippen molar-refractivity contribution in [2.75, 3.05) is 5.75 Å². The lowest BCUT2D eigenvalue weighted by Gasteiger charge is -2.16. The Morgan fingerprint density at radius 3 is 2.83 bits per heavy atom. The number of amides is 1. The molecule has 5 heteroatoms. The third-order valence-corrected chi connectivity index (χ3v) is 3.68. The highest BCUT2D eigenvalue weighted by Crippen LogP contribution is 2.24. The molecule has 1 amide bonds. The molecule has 1 unspecified atom stereocenters. The summed E-state index contributed by atoms with van der Waals surface area (Å²) in [7, 11) is 0. The van der Waals surface area contributed by atoms with Crippen molar-refractivity contribution in [2.24, 2.45) is 5.73 Å². The number of carbonyl (C=O) groups is 1. The molecule has 0 saturated heterocycles. The maximum absolute atomic E-state index is 10.8. The van der Waals surface area contributed by atoms with Gasteiger partial charge in [-0.2, -0.15) is 0 Å². The van der Waals surface area contributed by atoms with Crippen molar-refractivity contribution in [3.05, 3.63) is 48.3 Å². The zero-order chi connectivity index (χ0) is 13.0. The van der Waals surface area contributed by atoms with Gasteiger partial charge in [0.1, 0.15) is 0 Å². The number of hydrogen-bond acceptors (Lipinski definition) is 3. The Balaban J connectivity index is 2.18. The van der Waals surface area contributed by atoms with Crippen LogP contribution in [0.15, 0.2) is 47.9 Å². The number of thioether (sulfide) groups is 1. The Bertz CT molecular complexity index is 524. The molecule has 1 atom stereocenters. The Morgan fingerprint density at radius 1 is 1.44 bits per heavy atom. The quantitative estimate of drug-likeness (QED) is 0.838. The van der Waals surface area contributed by atoms with Crippen LogP contribution >= 0.6 is 11.8 Å². The van der Waals surface area contributed by atoms with Crippen LogP contribution in [0.3, 0.4) is 0 Å². The van der Waals surface area contributed by atoms with E-state index in [2.05, 4.69) is 24.0 Å². The molecular weight excluding hydrogens is 246 g/mol. The fourth-order valence-corrected chi connectivity index (χ4v) is 2.51. The van der Waals surface area contributed by atoms with Crippen LogP contribution < -0.4 is 5.73 Å². The summed E-state index contributed by atoms with van der Waals surface area (Å²) in [6.07, 6.45) is 3.66. The molecule has 0 bridgehead atoms. The van der Waals surface area contributed by atoms with E-state index in [0.29, 0.717) is 0 Å². The molecule has 1 aromatic heterocycles. The number of imidazole rings is 1. The lowest BCUT2D eigenvalue weighted by Crippen LogP contribution is -2.14. The van der Waals surface area contributed by atoms with Crippen molar-refractivity contribution in [2.45, 2.75) is 18.1 Å². The number of rotatable bonds is 5. The summed E-state index contributed by atoms with van der Waals surface area (Å²) < 4.78 is 2.04. The summed E-state index contributed by atoms with van der Waals surface area (Å²) in [4.78, 5) is 15.1. The number of nitrogens with two attached hydrogens (primary N) is 1. The smallest absolute Gasteiger partial charge is 0.227 e. The molecule has 0 radical (unpaired) electrons. The van der Waals surface area contributed by atoms with Gasteiger partial charge in [-0.15, -0.1) is 0 Å². The van der Waals surface area contributed by atoms with Crippen molar-refractivity contribution >= 4 is 17.7 Å². The van der Waals surface area contributed by atoms with Crippen LogP contribution in [0.5, 0.6) is 0 Å². The first-order valence-corrected chi connectivity index (χ1v) is 6.66. The van der Waals surface area contributed by atoms with Gasteiger partial charge in [-0.1, -0.05) is 42.1 Å². The Hall–Kier alpha value is -1.75. The number of primary amides is 1. The fourth-order valence-electron chi connectivity index (χ4n) is 1.73. The van der Waals surface area contributed by atoms with Gasteiger partial charge in [-0.05, 0) is 12.5 Å².